The van der Waals surface area contributed by atoms with Crippen molar-refractivity contribution in [2.24, 2.45) is 5.92 Å². The lowest BCUT2D eigenvalue weighted by molar-refractivity contribution is -0.133. The molecule has 1 saturated carbocycles. The van der Waals surface area contributed by atoms with Gasteiger partial charge in [-0.3, -0.25) is 10.1 Å². The predicted molar refractivity (Wildman–Crippen MR) is 74.2 cm³/mol. The summed E-state index contributed by atoms with van der Waals surface area (Å²) in [6, 6.07) is 0.477. The molecule has 1 saturated heterocycles. The number of nitrogens with one attached hydrogen (secondary N) is 1. The summed E-state index contributed by atoms with van der Waals surface area (Å²) in [6.07, 6.45) is 9.27. The zero-order valence-corrected chi connectivity index (χ0v) is 12.1. The van der Waals surface area contributed by atoms with E-state index in [1.54, 1.807) is 0 Å². The van der Waals surface area contributed by atoms with Gasteiger partial charge in [-0.25, -0.2) is 0 Å². The quantitative estimate of drug-likeness (QED) is 0.819. The van der Waals surface area contributed by atoms with Gasteiger partial charge in [0.25, 0.3) is 0 Å². The molecule has 0 aromatic heterocycles. The van der Waals surface area contributed by atoms with E-state index in [4.69, 9.17) is 0 Å². The van der Waals surface area contributed by atoms with Crippen LogP contribution in [-0.4, -0.2) is 29.1 Å². The van der Waals surface area contributed by atoms with Crippen LogP contribution < -0.4 is 5.32 Å². The largest absolute Gasteiger partial charge is 0.323 e. The molecule has 2 fully saturated rings. The van der Waals surface area contributed by atoms with Gasteiger partial charge in [0, 0.05) is 6.04 Å². The molecule has 104 valence electrons. The summed E-state index contributed by atoms with van der Waals surface area (Å²) in [5.41, 5.74) is 0. The van der Waals surface area contributed by atoms with E-state index >= 15 is 0 Å². The molecule has 1 aliphatic heterocycles. The Bertz CT molecular complexity index is 282. The topological polar surface area (TPSA) is 32.3 Å². The van der Waals surface area contributed by atoms with Crippen LogP contribution >= 0.6 is 0 Å². The molecule has 0 bridgehead atoms. The van der Waals surface area contributed by atoms with Crippen molar-refractivity contribution in [1.29, 1.82) is 0 Å². The van der Waals surface area contributed by atoms with E-state index < -0.39 is 0 Å². The van der Waals surface area contributed by atoms with Crippen LogP contribution in [0.2, 0.25) is 0 Å². The zero-order chi connectivity index (χ0) is 13.1. The highest BCUT2D eigenvalue weighted by Gasteiger charge is 2.41. The average molecular weight is 252 g/mol. The third kappa shape index (κ3) is 2.87. The number of hydrogen-bond acceptors (Lipinski definition) is 2. The van der Waals surface area contributed by atoms with Crippen LogP contribution in [0.5, 0.6) is 0 Å². The lowest BCUT2D eigenvalue weighted by Gasteiger charge is -2.35. The maximum absolute atomic E-state index is 12.4. The Morgan fingerprint density at radius 3 is 2.22 bits per heavy atom. The van der Waals surface area contributed by atoms with Gasteiger partial charge in [-0.15, -0.1) is 0 Å². The molecule has 0 aromatic rings. The Labute approximate surface area is 111 Å². The SMILES string of the molecule is CC1NC(C(C)C)N(C2CCCCCCC2)C1=O. The third-order valence-electron chi connectivity index (χ3n) is 4.44. The standard InChI is InChI=1S/C15H28N2O/c1-11(2)14-16-12(3)15(18)17(14)13-9-7-5-4-6-8-10-13/h11-14,16H,4-10H2,1-3H3. The molecule has 1 N–H and O–H groups in total. The summed E-state index contributed by atoms with van der Waals surface area (Å²) in [5, 5.41) is 3.46. The number of hydrogen-bond donors (Lipinski definition) is 1. The number of rotatable bonds is 2. The first-order chi connectivity index (χ1) is 8.61. The van der Waals surface area contributed by atoms with Crippen LogP contribution in [0.15, 0.2) is 0 Å². The fraction of sp³-hybridized carbons (Fsp3) is 0.933. The van der Waals surface area contributed by atoms with Gasteiger partial charge < -0.3 is 4.90 Å². The molecule has 2 atom stereocenters. The molecule has 0 aromatic carbocycles. The van der Waals surface area contributed by atoms with Gasteiger partial charge in [-0.1, -0.05) is 46.0 Å². The molecule has 2 aliphatic rings. The van der Waals surface area contributed by atoms with E-state index in [1.165, 1.54) is 44.9 Å². The van der Waals surface area contributed by atoms with Crippen molar-refractivity contribution in [2.75, 3.05) is 0 Å². The minimum atomic E-state index is 0.00263. The van der Waals surface area contributed by atoms with E-state index in [9.17, 15) is 4.79 Å². The Morgan fingerprint density at radius 2 is 1.67 bits per heavy atom. The second-order valence-electron chi connectivity index (χ2n) is 6.32. The highest BCUT2D eigenvalue weighted by atomic mass is 16.2. The molecule has 1 amide bonds. The molecular weight excluding hydrogens is 224 g/mol. The number of carbonyl (C=O) groups excluding carboxylic acids is 1. The highest BCUT2D eigenvalue weighted by molar-refractivity contribution is 5.84. The van der Waals surface area contributed by atoms with Gasteiger partial charge in [0.2, 0.25) is 5.91 Å². The zero-order valence-electron chi connectivity index (χ0n) is 12.1. The minimum absolute atomic E-state index is 0.00263. The van der Waals surface area contributed by atoms with Gasteiger partial charge in [-0.05, 0) is 25.7 Å². The second-order valence-corrected chi connectivity index (χ2v) is 6.32. The third-order valence-corrected chi connectivity index (χ3v) is 4.44. The van der Waals surface area contributed by atoms with Gasteiger partial charge >= 0.3 is 0 Å². The summed E-state index contributed by atoms with van der Waals surface area (Å²) >= 11 is 0. The molecule has 0 radical (unpaired) electrons. The van der Waals surface area contributed by atoms with E-state index in [0.717, 1.165) is 0 Å². The van der Waals surface area contributed by atoms with Crippen LogP contribution in [0.4, 0.5) is 0 Å². The maximum atomic E-state index is 12.4. The molecule has 2 unspecified atom stereocenters. The lowest BCUT2D eigenvalue weighted by atomic mass is 9.94. The number of amides is 1. The first-order valence-electron chi connectivity index (χ1n) is 7.69. The van der Waals surface area contributed by atoms with Gasteiger partial charge in [0.05, 0.1) is 12.2 Å². The maximum Gasteiger partial charge on any atom is 0.240 e. The van der Waals surface area contributed by atoms with Crippen LogP contribution in [0, 0.1) is 5.92 Å². The predicted octanol–water partition coefficient (Wildman–Crippen LogP) is 2.90. The molecule has 1 aliphatic carbocycles. The van der Waals surface area contributed by atoms with E-state index in [-0.39, 0.29) is 12.2 Å². The van der Waals surface area contributed by atoms with Crippen LogP contribution in [0.25, 0.3) is 0 Å². The average Bonchev–Trinajstić information content (AvgIpc) is 2.56. The first-order valence-corrected chi connectivity index (χ1v) is 7.69. The van der Waals surface area contributed by atoms with Gasteiger partial charge in [0.15, 0.2) is 0 Å². The molecule has 18 heavy (non-hydrogen) atoms. The Morgan fingerprint density at radius 1 is 1.11 bits per heavy atom. The van der Waals surface area contributed by atoms with Crippen LogP contribution in [0.3, 0.4) is 0 Å². The summed E-state index contributed by atoms with van der Waals surface area (Å²) in [5.74, 6) is 0.809. The Hall–Kier alpha value is -0.570. The smallest absolute Gasteiger partial charge is 0.240 e. The number of nitrogens with zero attached hydrogens (tertiary/aromatic N) is 1. The molecular formula is C15H28N2O. The van der Waals surface area contributed by atoms with Crippen LogP contribution in [-0.2, 0) is 4.79 Å². The molecule has 2 rings (SSSR count). The monoisotopic (exact) mass is 252 g/mol. The fourth-order valence-corrected chi connectivity index (χ4v) is 3.40. The van der Waals surface area contributed by atoms with E-state index in [1.807, 2.05) is 6.92 Å². The Balaban J connectivity index is 2.09. The van der Waals surface area contributed by atoms with Gasteiger partial charge in [-0.2, -0.15) is 0 Å². The van der Waals surface area contributed by atoms with Crippen LogP contribution in [0.1, 0.15) is 65.7 Å². The van der Waals surface area contributed by atoms with Crippen molar-refractivity contribution < 1.29 is 4.79 Å². The molecule has 3 nitrogen and oxygen atoms in total. The Kier molecular flexibility index (Phi) is 4.66. The molecule has 0 spiro atoms. The van der Waals surface area contributed by atoms with Crippen molar-refractivity contribution in [3.8, 4) is 0 Å². The summed E-state index contributed by atoms with van der Waals surface area (Å²) in [6.45, 7) is 6.42. The van der Waals surface area contributed by atoms with E-state index in [0.29, 0.717) is 17.9 Å². The van der Waals surface area contributed by atoms with Crippen molar-refractivity contribution in [3.63, 3.8) is 0 Å². The normalized spacial score (nSPS) is 31.8. The summed E-state index contributed by atoms with van der Waals surface area (Å²) in [4.78, 5) is 14.6. The van der Waals surface area contributed by atoms with Crippen molar-refractivity contribution in [2.45, 2.75) is 84.0 Å². The summed E-state index contributed by atoms with van der Waals surface area (Å²) < 4.78 is 0. The van der Waals surface area contributed by atoms with E-state index in [2.05, 4.69) is 24.1 Å². The van der Waals surface area contributed by atoms with Crippen molar-refractivity contribution >= 4 is 5.91 Å². The molecule has 3 heteroatoms. The van der Waals surface area contributed by atoms with Crippen molar-refractivity contribution in [3.05, 3.63) is 0 Å². The second kappa shape index (κ2) is 6.05. The first kappa shape index (κ1) is 13.9. The van der Waals surface area contributed by atoms with Gasteiger partial charge in [0.1, 0.15) is 0 Å². The minimum Gasteiger partial charge on any atom is -0.323 e. The highest BCUT2D eigenvalue weighted by Crippen LogP contribution is 2.28. The summed E-state index contributed by atoms with van der Waals surface area (Å²) in [7, 11) is 0. The lowest BCUT2D eigenvalue weighted by Crippen LogP contribution is -2.47. The fourth-order valence-electron chi connectivity index (χ4n) is 3.40. The number of carbonyl (C=O) groups is 1. The molecule has 1 heterocycles. The van der Waals surface area contributed by atoms with Crippen molar-refractivity contribution in [1.82, 2.24) is 10.2 Å².